The zero-order chi connectivity index (χ0) is 15.7. The molecule has 5 nitrogen and oxygen atoms in total. The summed E-state index contributed by atoms with van der Waals surface area (Å²) >= 11 is 0. The number of aromatic nitrogens is 4. The first-order valence-electron chi connectivity index (χ1n) is 7.48. The molecular weight excluding hydrogens is 274 g/mol. The fourth-order valence-corrected chi connectivity index (χ4v) is 2.68. The average molecular weight is 295 g/mol. The summed E-state index contributed by atoms with van der Waals surface area (Å²) < 4.78 is 1.90. The SMILES string of the molecule is Cc1cc(C)n2ncc(CN(C)[C@H](C)c3ccccn3)c2n1. The zero-order valence-electron chi connectivity index (χ0n) is 13.5. The Hall–Kier alpha value is -2.27. The highest BCUT2D eigenvalue weighted by molar-refractivity contribution is 5.47. The van der Waals surface area contributed by atoms with E-state index in [0.717, 1.165) is 34.8 Å². The highest BCUT2D eigenvalue weighted by Gasteiger charge is 2.16. The summed E-state index contributed by atoms with van der Waals surface area (Å²) in [5.41, 5.74) is 5.28. The Labute approximate surface area is 130 Å². The van der Waals surface area contributed by atoms with E-state index in [1.807, 2.05) is 42.0 Å². The third-order valence-corrected chi connectivity index (χ3v) is 4.05. The minimum absolute atomic E-state index is 0.238. The molecule has 0 saturated heterocycles. The van der Waals surface area contributed by atoms with Gasteiger partial charge in [-0.25, -0.2) is 9.50 Å². The Morgan fingerprint density at radius 1 is 1.27 bits per heavy atom. The van der Waals surface area contributed by atoms with Crippen LogP contribution in [0.15, 0.2) is 36.7 Å². The van der Waals surface area contributed by atoms with Gasteiger partial charge < -0.3 is 0 Å². The Kier molecular flexibility index (Phi) is 3.90. The normalized spacial score (nSPS) is 13.0. The van der Waals surface area contributed by atoms with Crippen LogP contribution in [0.25, 0.3) is 5.65 Å². The van der Waals surface area contributed by atoms with E-state index in [-0.39, 0.29) is 6.04 Å². The van der Waals surface area contributed by atoms with Crippen LogP contribution in [0.4, 0.5) is 0 Å². The summed E-state index contributed by atoms with van der Waals surface area (Å²) in [6.45, 7) is 7.03. The predicted octanol–water partition coefficient (Wildman–Crippen LogP) is 2.93. The number of nitrogens with zero attached hydrogens (tertiary/aromatic N) is 5. The molecule has 0 N–H and O–H groups in total. The van der Waals surface area contributed by atoms with Gasteiger partial charge in [0, 0.05) is 35.7 Å². The van der Waals surface area contributed by atoms with Crippen molar-refractivity contribution in [1.82, 2.24) is 24.5 Å². The smallest absolute Gasteiger partial charge is 0.159 e. The monoisotopic (exact) mass is 295 g/mol. The van der Waals surface area contributed by atoms with Crippen molar-refractivity contribution < 1.29 is 0 Å². The molecule has 0 spiro atoms. The van der Waals surface area contributed by atoms with E-state index in [4.69, 9.17) is 0 Å². The van der Waals surface area contributed by atoms with Crippen molar-refractivity contribution in [1.29, 1.82) is 0 Å². The number of fused-ring (bicyclic) bond motifs is 1. The van der Waals surface area contributed by atoms with E-state index in [1.54, 1.807) is 0 Å². The van der Waals surface area contributed by atoms with Gasteiger partial charge in [-0.05, 0) is 46.0 Å². The van der Waals surface area contributed by atoms with Crippen LogP contribution in [0.1, 0.15) is 35.6 Å². The fraction of sp³-hybridized carbons (Fsp3) is 0.353. The molecule has 0 aliphatic heterocycles. The first kappa shape index (κ1) is 14.7. The standard InChI is InChI=1S/C17H21N5/c1-12-9-13(2)22-17(20-12)15(10-19-22)11-21(4)14(3)16-7-5-6-8-18-16/h5-10,14H,11H2,1-4H3/t14-/m1/s1. The lowest BCUT2D eigenvalue weighted by Crippen LogP contribution is -2.22. The molecule has 0 aliphatic carbocycles. The lowest BCUT2D eigenvalue weighted by Gasteiger charge is -2.23. The Morgan fingerprint density at radius 2 is 2.09 bits per heavy atom. The van der Waals surface area contributed by atoms with Crippen molar-refractivity contribution in [3.8, 4) is 0 Å². The molecule has 3 aromatic rings. The van der Waals surface area contributed by atoms with Gasteiger partial charge in [0.25, 0.3) is 0 Å². The molecule has 0 radical (unpaired) electrons. The predicted molar refractivity (Wildman–Crippen MR) is 86.6 cm³/mol. The van der Waals surface area contributed by atoms with Crippen molar-refractivity contribution >= 4 is 5.65 Å². The quantitative estimate of drug-likeness (QED) is 0.742. The highest BCUT2D eigenvalue weighted by atomic mass is 15.3. The van der Waals surface area contributed by atoms with E-state index in [0.29, 0.717) is 0 Å². The number of hydrogen-bond acceptors (Lipinski definition) is 4. The third-order valence-electron chi connectivity index (χ3n) is 4.05. The summed E-state index contributed by atoms with van der Waals surface area (Å²) in [5.74, 6) is 0. The summed E-state index contributed by atoms with van der Waals surface area (Å²) in [6, 6.07) is 8.31. The maximum atomic E-state index is 4.64. The molecule has 0 aliphatic rings. The molecule has 0 amide bonds. The van der Waals surface area contributed by atoms with Crippen molar-refractivity contribution in [2.75, 3.05) is 7.05 Å². The molecule has 0 aromatic carbocycles. The fourth-order valence-electron chi connectivity index (χ4n) is 2.68. The van der Waals surface area contributed by atoms with Crippen LogP contribution in [0.2, 0.25) is 0 Å². The largest absolute Gasteiger partial charge is 0.294 e. The molecule has 0 fully saturated rings. The van der Waals surface area contributed by atoms with Gasteiger partial charge in [0.05, 0.1) is 11.9 Å². The van der Waals surface area contributed by atoms with Gasteiger partial charge in [0.1, 0.15) is 0 Å². The number of pyridine rings is 1. The Balaban J connectivity index is 1.87. The van der Waals surface area contributed by atoms with Gasteiger partial charge in [0.15, 0.2) is 5.65 Å². The Morgan fingerprint density at radius 3 is 2.82 bits per heavy atom. The van der Waals surface area contributed by atoms with E-state index in [1.165, 1.54) is 0 Å². The van der Waals surface area contributed by atoms with Crippen LogP contribution in [0, 0.1) is 13.8 Å². The van der Waals surface area contributed by atoms with Crippen LogP contribution in [0.5, 0.6) is 0 Å². The zero-order valence-corrected chi connectivity index (χ0v) is 13.5. The van der Waals surface area contributed by atoms with Gasteiger partial charge >= 0.3 is 0 Å². The van der Waals surface area contributed by atoms with Crippen molar-refractivity contribution in [3.63, 3.8) is 0 Å². The van der Waals surface area contributed by atoms with E-state index < -0.39 is 0 Å². The lowest BCUT2D eigenvalue weighted by molar-refractivity contribution is 0.249. The number of aryl methyl sites for hydroxylation is 2. The summed E-state index contributed by atoms with van der Waals surface area (Å²) in [6.07, 6.45) is 3.75. The first-order chi connectivity index (χ1) is 10.6. The maximum Gasteiger partial charge on any atom is 0.159 e. The second-order valence-electron chi connectivity index (χ2n) is 5.79. The number of hydrogen-bond donors (Lipinski definition) is 0. The van der Waals surface area contributed by atoms with E-state index in [9.17, 15) is 0 Å². The summed E-state index contributed by atoms with van der Waals surface area (Å²) in [5, 5.41) is 4.46. The maximum absolute atomic E-state index is 4.64. The highest BCUT2D eigenvalue weighted by Crippen LogP contribution is 2.20. The van der Waals surface area contributed by atoms with E-state index >= 15 is 0 Å². The van der Waals surface area contributed by atoms with E-state index in [2.05, 4.69) is 46.9 Å². The summed E-state index contributed by atoms with van der Waals surface area (Å²) in [4.78, 5) is 11.3. The molecule has 5 heteroatoms. The topological polar surface area (TPSA) is 46.3 Å². The van der Waals surface area contributed by atoms with Crippen LogP contribution < -0.4 is 0 Å². The minimum Gasteiger partial charge on any atom is -0.294 e. The molecule has 0 saturated carbocycles. The minimum atomic E-state index is 0.238. The van der Waals surface area contributed by atoms with Crippen molar-refractivity contribution in [3.05, 3.63) is 59.3 Å². The van der Waals surface area contributed by atoms with Gasteiger partial charge in [-0.2, -0.15) is 5.10 Å². The molecule has 0 bridgehead atoms. The van der Waals surface area contributed by atoms with Crippen LogP contribution in [-0.4, -0.2) is 31.5 Å². The van der Waals surface area contributed by atoms with Gasteiger partial charge in [-0.15, -0.1) is 0 Å². The van der Waals surface area contributed by atoms with Crippen molar-refractivity contribution in [2.45, 2.75) is 33.4 Å². The van der Waals surface area contributed by atoms with Crippen molar-refractivity contribution in [2.24, 2.45) is 0 Å². The van der Waals surface area contributed by atoms with Gasteiger partial charge in [0.2, 0.25) is 0 Å². The average Bonchev–Trinajstić information content (AvgIpc) is 2.90. The molecule has 22 heavy (non-hydrogen) atoms. The Bertz CT molecular complexity index is 778. The van der Waals surface area contributed by atoms with Crippen LogP contribution >= 0.6 is 0 Å². The third kappa shape index (κ3) is 2.72. The van der Waals surface area contributed by atoms with Gasteiger partial charge in [-0.3, -0.25) is 9.88 Å². The second kappa shape index (κ2) is 5.85. The van der Waals surface area contributed by atoms with Gasteiger partial charge in [-0.1, -0.05) is 6.07 Å². The van der Waals surface area contributed by atoms with Crippen LogP contribution in [0.3, 0.4) is 0 Å². The molecule has 3 heterocycles. The molecular formula is C17H21N5. The second-order valence-corrected chi connectivity index (χ2v) is 5.79. The number of rotatable bonds is 4. The molecule has 3 rings (SSSR count). The molecule has 0 unspecified atom stereocenters. The lowest BCUT2D eigenvalue weighted by atomic mass is 10.1. The molecule has 1 atom stereocenters. The first-order valence-corrected chi connectivity index (χ1v) is 7.48. The molecule has 3 aromatic heterocycles. The van der Waals surface area contributed by atoms with Crippen LogP contribution in [-0.2, 0) is 6.54 Å². The summed E-state index contributed by atoms with van der Waals surface area (Å²) in [7, 11) is 2.10. The molecule has 114 valence electrons.